The van der Waals surface area contributed by atoms with Crippen LogP contribution in [0, 0.1) is 0 Å². The Kier molecular flexibility index (Phi) is 11.8. The van der Waals surface area contributed by atoms with E-state index in [1.807, 2.05) is 0 Å². The summed E-state index contributed by atoms with van der Waals surface area (Å²) in [6.07, 6.45) is 0. The second kappa shape index (κ2) is 12.7. The molecule has 0 radical (unpaired) electrons. The van der Waals surface area contributed by atoms with Crippen molar-refractivity contribution in [2.24, 2.45) is 0 Å². The molecular weight excluding hydrogens is 536 g/mol. The summed E-state index contributed by atoms with van der Waals surface area (Å²) in [4.78, 5) is 38.2. The maximum absolute atomic E-state index is 13.8. The normalized spacial score (nSPS) is 13.6. The van der Waals surface area contributed by atoms with Crippen molar-refractivity contribution in [3.63, 3.8) is 0 Å². The van der Waals surface area contributed by atoms with Gasteiger partial charge < -0.3 is 42.4 Å². The van der Waals surface area contributed by atoms with E-state index in [2.05, 4.69) is 0 Å². The summed E-state index contributed by atoms with van der Waals surface area (Å²) < 4.78 is 78.3. The Hall–Kier alpha value is -0.380. The smallest absolute Gasteiger partial charge is 0.350 e. The predicted molar refractivity (Wildman–Crippen MR) is 124 cm³/mol. The second-order valence-electron chi connectivity index (χ2n) is 6.68. The lowest BCUT2D eigenvalue weighted by atomic mass is 10.1. The molecule has 0 unspecified atom stereocenters. The molecule has 1 aromatic carbocycles. The summed E-state index contributed by atoms with van der Waals surface area (Å²) in [6, 6.07) is 3.07. The summed E-state index contributed by atoms with van der Waals surface area (Å²) in [5, 5.41) is -4.15. The first-order valence-electron chi connectivity index (χ1n) is 10.2. The fourth-order valence-electron chi connectivity index (χ4n) is 3.28. The van der Waals surface area contributed by atoms with Gasteiger partial charge in [-0.25, -0.2) is 0 Å². The van der Waals surface area contributed by atoms with E-state index in [9.17, 15) is 37.8 Å². The molecule has 17 heteroatoms. The average molecular weight is 568 g/mol. The van der Waals surface area contributed by atoms with Crippen molar-refractivity contribution in [2.45, 2.75) is 38.5 Å². The maximum atomic E-state index is 13.8. The van der Waals surface area contributed by atoms with Crippen LogP contribution in [-0.2, 0) is 36.4 Å². The van der Waals surface area contributed by atoms with Crippen molar-refractivity contribution in [3.8, 4) is 5.75 Å². The van der Waals surface area contributed by atoms with Crippen molar-refractivity contribution in [1.29, 1.82) is 0 Å². The number of hydrogen-bond acceptors (Lipinski definition) is 9. The Morgan fingerprint density at radius 1 is 0.706 bits per heavy atom. The van der Waals surface area contributed by atoms with Gasteiger partial charge >= 0.3 is 30.4 Å². The highest BCUT2D eigenvalue weighted by atomic mass is 31.2. The van der Waals surface area contributed by atoms with Crippen LogP contribution in [0.15, 0.2) is 18.2 Å². The molecule has 0 bridgehead atoms. The molecule has 0 aliphatic rings. The Morgan fingerprint density at radius 2 is 1.09 bits per heavy atom. The lowest BCUT2D eigenvalue weighted by Crippen LogP contribution is -2.13. The van der Waals surface area contributed by atoms with Crippen molar-refractivity contribution in [2.75, 3.05) is 33.5 Å². The Bertz CT molecular complexity index is 929. The van der Waals surface area contributed by atoms with Crippen molar-refractivity contribution in [3.05, 3.63) is 29.3 Å². The number of hydrogen-bond donors (Lipinski definition) is 4. The fourth-order valence-corrected chi connectivity index (χ4v) is 11.4. The highest BCUT2D eigenvalue weighted by Gasteiger charge is 2.53. The van der Waals surface area contributed by atoms with Crippen LogP contribution in [0.4, 0.5) is 0 Å². The van der Waals surface area contributed by atoms with Gasteiger partial charge in [0.1, 0.15) is 5.75 Å². The first kappa shape index (κ1) is 31.6. The standard InChI is InChI=1S/C17H32O13P4/c1-6-27-33(24,28-7-2)17(34(25,29-8-3)30-9-4)14-11-10-13(12-15(14)26-5)16(31(18,19)20)32(21,22)23/h10-12,16-17H,6-9H2,1-5H3,(H2,18,19,20)(H2,21,22,23). The van der Waals surface area contributed by atoms with Gasteiger partial charge in [-0.3, -0.25) is 18.3 Å². The Labute approximate surface area is 198 Å². The van der Waals surface area contributed by atoms with E-state index in [4.69, 9.17) is 22.8 Å². The molecule has 1 rings (SSSR count). The summed E-state index contributed by atoms with van der Waals surface area (Å²) >= 11 is 0. The van der Waals surface area contributed by atoms with Crippen molar-refractivity contribution in [1.82, 2.24) is 0 Å². The average Bonchev–Trinajstić information content (AvgIpc) is 2.67. The highest BCUT2D eigenvalue weighted by Crippen LogP contribution is 2.79. The first-order chi connectivity index (χ1) is 15.6. The molecule has 0 aliphatic carbocycles. The molecule has 0 fully saturated rings. The van der Waals surface area contributed by atoms with Crippen LogP contribution in [-0.4, -0.2) is 53.1 Å². The summed E-state index contributed by atoms with van der Waals surface area (Å²) in [7, 11) is -18.0. The van der Waals surface area contributed by atoms with Gasteiger partial charge in [0.2, 0.25) is 0 Å². The van der Waals surface area contributed by atoms with Crippen molar-refractivity contribution < 1.29 is 60.7 Å². The van der Waals surface area contributed by atoms with Gasteiger partial charge in [-0.2, -0.15) is 0 Å². The molecule has 0 atom stereocenters. The van der Waals surface area contributed by atoms with Crippen LogP contribution in [0.2, 0.25) is 0 Å². The van der Waals surface area contributed by atoms with Gasteiger partial charge in [-0.05, 0) is 39.3 Å². The molecule has 0 saturated heterocycles. The van der Waals surface area contributed by atoms with Gasteiger partial charge in [-0.15, -0.1) is 0 Å². The number of ether oxygens (including phenoxy) is 1. The number of methoxy groups -OCH3 is 1. The molecule has 198 valence electrons. The quantitative estimate of drug-likeness (QED) is 0.215. The SMILES string of the molecule is CCOP(=O)(OCC)C(c1ccc(C(P(=O)(O)O)P(=O)(O)O)cc1OC)P(=O)(OCC)OCC. The third kappa shape index (κ3) is 7.56. The Balaban J connectivity index is 3.96. The van der Waals surface area contributed by atoms with E-state index in [-0.39, 0.29) is 37.7 Å². The zero-order valence-electron chi connectivity index (χ0n) is 19.5. The van der Waals surface area contributed by atoms with Crippen LogP contribution < -0.4 is 4.74 Å². The molecule has 0 spiro atoms. The molecular formula is C17H32O13P4. The van der Waals surface area contributed by atoms with E-state index in [1.165, 1.54) is 0 Å². The van der Waals surface area contributed by atoms with Gasteiger partial charge in [-0.1, -0.05) is 12.1 Å². The van der Waals surface area contributed by atoms with Crippen LogP contribution >= 0.6 is 30.4 Å². The Morgan fingerprint density at radius 3 is 1.38 bits per heavy atom. The first-order valence-corrected chi connectivity index (χ1v) is 16.8. The zero-order chi connectivity index (χ0) is 26.4. The molecule has 0 aromatic heterocycles. The van der Waals surface area contributed by atoms with Crippen LogP contribution in [0.5, 0.6) is 5.75 Å². The summed E-state index contributed by atoms with van der Waals surface area (Å²) in [5.74, 6) is -0.242. The minimum atomic E-state index is -5.32. The predicted octanol–water partition coefficient (Wildman–Crippen LogP) is 4.58. The van der Waals surface area contributed by atoms with E-state index in [0.717, 1.165) is 25.3 Å². The minimum absolute atomic E-state index is 0.0862. The summed E-state index contributed by atoms with van der Waals surface area (Å²) in [6.45, 7) is 5.80. The zero-order valence-corrected chi connectivity index (χ0v) is 23.0. The number of benzene rings is 1. The number of rotatable bonds is 15. The topological polar surface area (TPSA) is 195 Å². The second-order valence-corrected chi connectivity index (χ2v) is 15.1. The maximum Gasteiger partial charge on any atom is 0.350 e. The van der Waals surface area contributed by atoms with E-state index in [1.54, 1.807) is 27.7 Å². The molecule has 0 amide bonds. The van der Waals surface area contributed by atoms with Gasteiger partial charge in [0.05, 0.1) is 33.5 Å². The third-order valence-corrected chi connectivity index (χ3v) is 13.9. The van der Waals surface area contributed by atoms with Crippen molar-refractivity contribution >= 4 is 30.4 Å². The van der Waals surface area contributed by atoms with Crippen LogP contribution in [0.1, 0.15) is 49.6 Å². The van der Waals surface area contributed by atoms with Gasteiger partial charge in [0, 0.05) is 5.56 Å². The summed E-state index contributed by atoms with van der Waals surface area (Å²) in [5.41, 5.74) is -0.539. The van der Waals surface area contributed by atoms with Crippen LogP contribution in [0.25, 0.3) is 0 Å². The van der Waals surface area contributed by atoms with Crippen LogP contribution in [0.3, 0.4) is 0 Å². The lowest BCUT2D eigenvalue weighted by Gasteiger charge is -2.32. The fraction of sp³-hybridized carbons (Fsp3) is 0.647. The third-order valence-electron chi connectivity index (χ3n) is 4.31. The molecule has 1 aromatic rings. The molecule has 0 aliphatic heterocycles. The molecule has 0 heterocycles. The molecule has 13 nitrogen and oxygen atoms in total. The van der Waals surface area contributed by atoms with Gasteiger partial charge in [0.15, 0.2) is 10.8 Å². The monoisotopic (exact) mass is 568 g/mol. The van der Waals surface area contributed by atoms with E-state index >= 15 is 0 Å². The molecule has 4 N–H and O–H groups in total. The van der Waals surface area contributed by atoms with Gasteiger partial charge in [0.25, 0.3) is 0 Å². The minimum Gasteiger partial charge on any atom is -0.496 e. The van der Waals surface area contributed by atoms with E-state index < -0.39 is 46.7 Å². The molecule has 34 heavy (non-hydrogen) atoms. The van der Waals surface area contributed by atoms with E-state index in [0.29, 0.717) is 0 Å². The highest BCUT2D eigenvalue weighted by molar-refractivity contribution is 7.72. The lowest BCUT2D eigenvalue weighted by molar-refractivity contribution is 0.194. The molecule has 0 saturated carbocycles. The largest absolute Gasteiger partial charge is 0.496 e.